The van der Waals surface area contributed by atoms with Crippen LogP contribution in [0.2, 0.25) is 0 Å². The smallest absolute Gasteiger partial charge is 0.129 e. The molecular weight excluding hydrogens is 302 g/mol. The third kappa shape index (κ3) is 2.38. The van der Waals surface area contributed by atoms with Crippen LogP contribution in [-0.2, 0) is 6.54 Å². The summed E-state index contributed by atoms with van der Waals surface area (Å²) in [7, 11) is 1.66. The molecule has 2 aromatic rings. The van der Waals surface area contributed by atoms with Gasteiger partial charge in [0, 0.05) is 16.8 Å². The molecule has 0 aliphatic heterocycles. The van der Waals surface area contributed by atoms with Gasteiger partial charge >= 0.3 is 0 Å². The summed E-state index contributed by atoms with van der Waals surface area (Å²) in [6, 6.07) is 1.79. The van der Waals surface area contributed by atoms with Crippen LogP contribution < -0.4 is 10.5 Å². The molecule has 0 saturated carbocycles. The number of aryl methyl sites for hydroxylation is 1. The predicted molar refractivity (Wildman–Crippen MR) is 72.5 cm³/mol. The van der Waals surface area contributed by atoms with Crippen LogP contribution in [0.25, 0.3) is 0 Å². The molecule has 0 amide bonds. The second-order valence-corrected chi connectivity index (χ2v) is 5.36. The molecule has 0 aromatic carbocycles. The van der Waals surface area contributed by atoms with Gasteiger partial charge in [-0.15, -0.1) is 11.3 Å². The van der Waals surface area contributed by atoms with Crippen LogP contribution in [0.5, 0.6) is 5.75 Å². The standard InChI is InChI=1S/C11H14BrN3OS/c1-3-15-11(8(12)5-14-15)10(13)9-4-7(16-2)6-17-9/h4-6,10H,3,13H2,1-2H3. The van der Waals surface area contributed by atoms with Gasteiger partial charge in [-0.2, -0.15) is 5.10 Å². The Labute approximate surface area is 113 Å². The van der Waals surface area contributed by atoms with E-state index in [-0.39, 0.29) is 6.04 Å². The number of halogens is 1. The minimum atomic E-state index is -0.180. The minimum Gasteiger partial charge on any atom is -0.496 e. The van der Waals surface area contributed by atoms with Gasteiger partial charge in [0.05, 0.1) is 29.5 Å². The fourth-order valence-electron chi connectivity index (χ4n) is 1.67. The van der Waals surface area contributed by atoms with Crippen molar-refractivity contribution in [1.82, 2.24) is 9.78 Å². The Kier molecular flexibility index (Phi) is 3.86. The fourth-order valence-corrected chi connectivity index (χ4v) is 3.07. The van der Waals surface area contributed by atoms with Crippen LogP contribution in [0.3, 0.4) is 0 Å². The summed E-state index contributed by atoms with van der Waals surface area (Å²) in [5, 5.41) is 6.23. The van der Waals surface area contributed by atoms with E-state index in [4.69, 9.17) is 10.5 Å². The first-order chi connectivity index (χ1) is 8.17. The number of nitrogens with zero attached hydrogens (tertiary/aromatic N) is 2. The Hall–Kier alpha value is -0.850. The molecule has 2 heterocycles. The van der Waals surface area contributed by atoms with Crippen LogP contribution in [0.1, 0.15) is 23.5 Å². The summed E-state index contributed by atoms with van der Waals surface area (Å²) in [5.74, 6) is 0.846. The molecule has 0 radical (unpaired) electrons. The topological polar surface area (TPSA) is 53.1 Å². The number of methoxy groups -OCH3 is 1. The van der Waals surface area contributed by atoms with Gasteiger partial charge in [-0.1, -0.05) is 0 Å². The third-order valence-electron chi connectivity index (χ3n) is 2.57. The van der Waals surface area contributed by atoms with Crippen molar-refractivity contribution in [3.63, 3.8) is 0 Å². The second-order valence-electron chi connectivity index (χ2n) is 3.56. The molecule has 2 aromatic heterocycles. The van der Waals surface area contributed by atoms with E-state index in [0.29, 0.717) is 0 Å². The summed E-state index contributed by atoms with van der Waals surface area (Å²) >= 11 is 5.09. The van der Waals surface area contributed by atoms with Gasteiger partial charge in [0.15, 0.2) is 0 Å². The Morgan fingerprint density at radius 3 is 3.00 bits per heavy atom. The predicted octanol–water partition coefficient (Wildman–Crippen LogP) is 2.78. The van der Waals surface area contributed by atoms with E-state index in [9.17, 15) is 0 Å². The van der Waals surface area contributed by atoms with E-state index in [2.05, 4.69) is 21.0 Å². The molecule has 0 spiro atoms. The molecular formula is C11H14BrN3OS. The molecule has 0 aliphatic carbocycles. The van der Waals surface area contributed by atoms with Crippen molar-refractivity contribution in [1.29, 1.82) is 0 Å². The third-order valence-corrected chi connectivity index (χ3v) is 4.17. The Morgan fingerprint density at radius 2 is 2.41 bits per heavy atom. The van der Waals surface area contributed by atoms with Gasteiger partial charge in [-0.25, -0.2) is 0 Å². The van der Waals surface area contributed by atoms with Crippen LogP contribution in [0, 0.1) is 0 Å². The van der Waals surface area contributed by atoms with E-state index in [1.807, 2.05) is 23.1 Å². The first-order valence-electron chi connectivity index (χ1n) is 5.26. The van der Waals surface area contributed by atoms with Gasteiger partial charge < -0.3 is 10.5 Å². The molecule has 0 saturated heterocycles. The number of rotatable bonds is 4. The van der Waals surface area contributed by atoms with Crippen LogP contribution in [-0.4, -0.2) is 16.9 Å². The largest absolute Gasteiger partial charge is 0.496 e. The van der Waals surface area contributed by atoms with Crippen molar-refractivity contribution in [2.24, 2.45) is 5.73 Å². The zero-order valence-corrected chi connectivity index (χ0v) is 12.1. The molecule has 2 rings (SSSR count). The maximum atomic E-state index is 6.27. The molecule has 17 heavy (non-hydrogen) atoms. The Bertz CT molecular complexity index is 509. The number of ether oxygens (including phenoxy) is 1. The lowest BCUT2D eigenvalue weighted by Gasteiger charge is -2.12. The van der Waals surface area contributed by atoms with Gasteiger partial charge in [-0.05, 0) is 28.9 Å². The molecule has 2 N–H and O–H groups in total. The Morgan fingerprint density at radius 1 is 1.65 bits per heavy atom. The Balaban J connectivity index is 2.35. The highest BCUT2D eigenvalue weighted by molar-refractivity contribution is 9.10. The minimum absolute atomic E-state index is 0.180. The highest BCUT2D eigenvalue weighted by Crippen LogP contribution is 2.32. The molecule has 0 aliphatic rings. The lowest BCUT2D eigenvalue weighted by Crippen LogP contribution is -2.16. The van der Waals surface area contributed by atoms with Crippen molar-refractivity contribution >= 4 is 27.3 Å². The number of nitrogens with two attached hydrogens (primary N) is 1. The molecule has 0 bridgehead atoms. The molecule has 92 valence electrons. The average Bonchev–Trinajstić information content (AvgIpc) is 2.94. The second kappa shape index (κ2) is 5.20. The molecule has 0 fully saturated rings. The quantitative estimate of drug-likeness (QED) is 0.944. The first-order valence-corrected chi connectivity index (χ1v) is 6.93. The number of aromatic nitrogens is 2. The maximum Gasteiger partial charge on any atom is 0.129 e. The van der Waals surface area contributed by atoms with Gasteiger partial charge in [0.25, 0.3) is 0 Å². The van der Waals surface area contributed by atoms with Crippen molar-refractivity contribution in [2.75, 3.05) is 7.11 Å². The van der Waals surface area contributed by atoms with E-state index in [1.165, 1.54) is 0 Å². The van der Waals surface area contributed by atoms with E-state index in [0.717, 1.165) is 27.3 Å². The van der Waals surface area contributed by atoms with E-state index >= 15 is 0 Å². The average molecular weight is 316 g/mol. The summed E-state index contributed by atoms with van der Waals surface area (Å²) in [6.07, 6.45) is 1.78. The summed E-state index contributed by atoms with van der Waals surface area (Å²) in [4.78, 5) is 1.07. The number of hydrogen-bond donors (Lipinski definition) is 1. The van der Waals surface area contributed by atoms with E-state index < -0.39 is 0 Å². The first kappa shape index (κ1) is 12.6. The SMILES string of the molecule is CCn1ncc(Br)c1C(N)c1cc(OC)cs1. The maximum absolute atomic E-state index is 6.27. The molecule has 6 heteroatoms. The molecule has 4 nitrogen and oxygen atoms in total. The zero-order chi connectivity index (χ0) is 12.4. The highest BCUT2D eigenvalue weighted by Gasteiger charge is 2.19. The van der Waals surface area contributed by atoms with E-state index in [1.54, 1.807) is 24.6 Å². The van der Waals surface area contributed by atoms with Gasteiger partial charge in [0.2, 0.25) is 0 Å². The van der Waals surface area contributed by atoms with Crippen molar-refractivity contribution in [2.45, 2.75) is 19.5 Å². The summed E-state index contributed by atoms with van der Waals surface area (Å²) in [5.41, 5.74) is 7.27. The fraction of sp³-hybridized carbons (Fsp3) is 0.364. The lowest BCUT2D eigenvalue weighted by atomic mass is 10.2. The van der Waals surface area contributed by atoms with Crippen molar-refractivity contribution in [3.05, 3.63) is 32.7 Å². The van der Waals surface area contributed by atoms with Gasteiger partial charge in [0.1, 0.15) is 5.75 Å². The van der Waals surface area contributed by atoms with Crippen LogP contribution in [0.4, 0.5) is 0 Å². The molecule has 1 atom stereocenters. The normalized spacial score (nSPS) is 12.7. The summed E-state index contributed by atoms with van der Waals surface area (Å²) < 4.78 is 8.02. The zero-order valence-electron chi connectivity index (χ0n) is 9.68. The van der Waals surface area contributed by atoms with Gasteiger partial charge in [-0.3, -0.25) is 4.68 Å². The van der Waals surface area contributed by atoms with Crippen LogP contribution >= 0.6 is 27.3 Å². The van der Waals surface area contributed by atoms with Crippen molar-refractivity contribution < 1.29 is 4.74 Å². The van der Waals surface area contributed by atoms with Crippen LogP contribution in [0.15, 0.2) is 22.1 Å². The number of hydrogen-bond acceptors (Lipinski definition) is 4. The lowest BCUT2D eigenvalue weighted by molar-refractivity contribution is 0.416. The molecule has 1 unspecified atom stereocenters. The highest BCUT2D eigenvalue weighted by atomic mass is 79.9. The number of thiophene rings is 1. The van der Waals surface area contributed by atoms with Crippen molar-refractivity contribution in [3.8, 4) is 5.75 Å². The monoisotopic (exact) mass is 315 g/mol. The summed E-state index contributed by atoms with van der Waals surface area (Å²) in [6.45, 7) is 2.85.